The van der Waals surface area contributed by atoms with Crippen LogP contribution in [0.4, 0.5) is 0 Å². The van der Waals surface area contributed by atoms with E-state index in [0.29, 0.717) is 0 Å². The highest BCUT2D eigenvalue weighted by Gasteiger charge is 2.16. The summed E-state index contributed by atoms with van der Waals surface area (Å²) in [6.07, 6.45) is 8.85. The zero-order valence-corrected chi connectivity index (χ0v) is 18.3. The molecule has 0 saturated carbocycles. The molecule has 1 unspecified atom stereocenters. The number of nitrogens with one attached hydrogen (secondary N) is 2. The summed E-state index contributed by atoms with van der Waals surface area (Å²) in [4.78, 5) is 6.92. The summed E-state index contributed by atoms with van der Waals surface area (Å²) in [5, 5.41) is 6.78. The van der Waals surface area contributed by atoms with Crippen LogP contribution >= 0.6 is 24.0 Å². The fraction of sp³-hybridized carbons (Fsp3) is 0.944. The van der Waals surface area contributed by atoms with Crippen molar-refractivity contribution in [2.24, 2.45) is 4.99 Å². The second kappa shape index (κ2) is 16.4. The predicted molar refractivity (Wildman–Crippen MR) is 115 cm³/mol. The summed E-state index contributed by atoms with van der Waals surface area (Å²) in [5.41, 5.74) is 0. The topological polar surface area (TPSA) is 48.9 Å². The first-order chi connectivity index (χ1) is 11.3. The molecule has 1 atom stereocenters. The Balaban J connectivity index is 0.00000529. The molecule has 0 spiro atoms. The van der Waals surface area contributed by atoms with E-state index < -0.39 is 0 Å². The summed E-state index contributed by atoms with van der Waals surface area (Å²) in [6, 6.07) is 0.780. The van der Waals surface area contributed by atoms with Gasteiger partial charge in [0.05, 0.1) is 0 Å². The molecule has 0 aliphatic carbocycles. The maximum Gasteiger partial charge on any atom is 0.190 e. The van der Waals surface area contributed by atoms with E-state index >= 15 is 0 Å². The highest BCUT2D eigenvalue weighted by Crippen LogP contribution is 2.16. The minimum absolute atomic E-state index is 0. The summed E-state index contributed by atoms with van der Waals surface area (Å²) in [7, 11) is 1.84. The molecule has 1 heterocycles. The maximum atomic E-state index is 5.34. The van der Waals surface area contributed by atoms with Crippen LogP contribution in [0.1, 0.15) is 58.8 Å². The Morgan fingerprint density at radius 1 is 1.12 bits per heavy atom. The average Bonchev–Trinajstić information content (AvgIpc) is 2.57. The molecule has 2 N–H and O–H groups in total. The van der Waals surface area contributed by atoms with Crippen LogP contribution in [-0.2, 0) is 4.74 Å². The van der Waals surface area contributed by atoms with Crippen LogP contribution in [-0.4, -0.2) is 63.3 Å². The van der Waals surface area contributed by atoms with Gasteiger partial charge in [-0.1, -0.05) is 6.42 Å². The fourth-order valence-electron chi connectivity index (χ4n) is 3.04. The van der Waals surface area contributed by atoms with E-state index in [0.717, 1.165) is 51.1 Å². The van der Waals surface area contributed by atoms with Gasteiger partial charge in [0.2, 0.25) is 0 Å². The van der Waals surface area contributed by atoms with Crippen molar-refractivity contribution in [3.63, 3.8) is 0 Å². The molecule has 0 radical (unpaired) electrons. The highest BCUT2D eigenvalue weighted by atomic mass is 127. The molecule has 1 aliphatic rings. The molecule has 1 rings (SSSR count). The highest BCUT2D eigenvalue weighted by molar-refractivity contribution is 14.0. The van der Waals surface area contributed by atoms with Crippen LogP contribution in [0.5, 0.6) is 0 Å². The lowest BCUT2D eigenvalue weighted by Crippen LogP contribution is -2.39. The van der Waals surface area contributed by atoms with Gasteiger partial charge in [-0.25, -0.2) is 0 Å². The van der Waals surface area contributed by atoms with Gasteiger partial charge in [0.1, 0.15) is 0 Å². The SMILES string of the molecule is CCOCCCCNC(=NC)NCCCCN1CCCCC1C.I. The summed E-state index contributed by atoms with van der Waals surface area (Å²) in [6.45, 7) is 10.6. The molecule has 1 saturated heterocycles. The molecule has 0 aromatic carbocycles. The summed E-state index contributed by atoms with van der Waals surface area (Å²) in [5.74, 6) is 0.924. The molecular formula is C18H39IN4O. The van der Waals surface area contributed by atoms with Gasteiger partial charge in [-0.05, 0) is 65.5 Å². The third kappa shape index (κ3) is 11.5. The van der Waals surface area contributed by atoms with E-state index in [1.807, 2.05) is 14.0 Å². The van der Waals surface area contributed by atoms with E-state index in [-0.39, 0.29) is 24.0 Å². The van der Waals surface area contributed by atoms with Crippen molar-refractivity contribution in [2.45, 2.75) is 64.8 Å². The van der Waals surface area contributed by atoms with Crippen molar-refractivity contribution in [2.75, 3.05) is 46.4 Å². The van der Waals surface area contributed by atoms with Gasteiger partial charge in [0.25, 0.3) is 0 Å². The number of unbranched alkanes of at least 4 members (excludes halogenated alkanes) is 2. The van der Waals surface area contributed by atoms with Crippen LogP contribution in [0.25, 0.3) is 0 Å². The zero-order valence-electron chi connectivity index (χ0n) is 16.0. The Labute approximate surface area is 166 Å². The van der Waals surface area contributed by atoms with Crippen molar-refractivity contribution in [3.05, 3.63) is 0 Å². The number of guanidine groups is 1. The Kier molecular flexibility index (Phi) is 16.3. The van der Waals surface area contributed by atoms with Gasteiger partial charge in [-0.3, -0.25) is 4.99 Å². The molecule has 24 heavy (non-hydrogen) atoms. The number of likely N-dealkylation sites (tertiary alicyclic amines) is 1. The molecule has 0 bridgehead atoms. The first-order valence-corrected chi connectivity index (χ1v) is 9.54. The van der Waals surface area contributed by atoms with Gasteiger partial charge in [-0.15, -0.1) is 24.0 Å². The monoisotopic (exact) mass is 454 g/mol. The smallest absolute Gasteiger partial charge is 0.190 e. The quantitative estimate of drug-likeness (QED) is 0.218. The minimum Gasteiger partial charge on any atom is -0.382 e. The molecule has 144 valence electrons. The van der Waals surface area contributed by atoms with E-state index in [1.165, 1.54) is 45.2 Å². The van der Waals surface area contributed by atoms with E-state index in [1.54, 1.807) is 0 Å². The number of aliphatic imine (C=N–C) groups is 1. The van der Waals surface area contributed by atoms with E-state index in [4.69, 9.17) is 4.74 Å². The lowest BCUT2D eigenvalue weighted by atomic mass is 10.0. The molecule has 0 aromatic heterocycles. The second-order valence-corrected chi connectivity index (χ2v) is 6.42. The summed E-state index contributed by atoms with van der Waals surface area (Å²) < 4.78 is 5.34. The molecule has 1 aliphatic heterocycles. The third-order valence-corrected chi connectivity index (χ3v) is 4.54. The van der Waals surface area contributed by atoms with Crippen LogP contribution in [0.3, 0.4) is 0 Å². The van der Waals surface area contributed by atoms with Gasteiger partial charge in [0.15, 0.2) is 5.96 Å². The average molecular weight is 454 g/mol. The van der Waals surface area contributed by atoms with Gasteiger partial charge in [-0.2, -0.15) is 0 Å². The Hall–Kier alpha value is -0.0800. The minimum atomic E-state index is 0. The third-order valence-electron chi connectivity index (χ3n) is 4.54. The fourth-order valence-corrected chi connectivity index (χ4v) is 3.04. The molecule has 0 amide bonds. The largest absolute Gasteiger partial charge is 0.382 e. The normalized spacial score (nSPS) is 19.0. The van der Waals surface area contributed by atoms with Crippen LogP contribution in [0, 0.1) is 0 Å². The lowest BCUT2D eigenvalue weighted by molar-refractivity contribution is 0.143. The number of nitrogens with zero attached hydrogens (tertiary/aromatic N) is 2. The van der Waals surface area contributed by atoms with Gasteiger partial charge >= 0.3 is 0 Å². The second-order valence-electron chi connectivity index (χ2n) is 6.42. The van der Waals surface area contributed by atoms with Crippen LogP contribution < -0.4 is 10.6 Å². The number of hydrogen-bond donors (Lipinski definition) is 2. The van der Waals surface area contributed by atoms with Gasteiger partial charge in [0, 0.05) is 39.4 Å². The first-order valence-electron chi connectivity index (χ1n) is 9.54. The first kappa shape index (κ1) is 23.9. The summed E-state index contributed by atoms with van der Waals surface area (Å²) >= 11 is 0. The van der Waals surface area contributed by atoms with Crippen LogP contribution in [0.2, 0.25) is 0 Å². The Bertz CT molecular complexity index is 315. The van der Waals surface area contributed by atoms with Crippen molar-refractivity contribution < 1.29 is 4.74 Å². The number of halogens is 1. The van der Waals surface area contributed by atoms with Crippen molar-refractivity contribution in [1.29, 1.82) is 0 Å². The lowest BCUT2D eigenvalue weighted by Gasteiger charge is -2.33. The Morgan fingerprint density at radius 3 is 2.46 bits per heavy atom. The Morgan fingerprint density at radius 2 is 1.83 bits per heavy atom. The van der Waals surface area contributed by atoms with Crippen molar-refractivity contribution in [3.8, 4) is 0 Å². The number of rotatable bonds is 11. The van der Waals surface area contributed by atoms with E-state index in [2.05, 4.69) is 27.4 Å². The molecular weight excluding hydrogens is 415 g/mol. The molecule has 1 fully saturated rings. The van der Waals surface area contributed by atoms with Crippen LogP contribution in [0.15, 0.2) is 4.99 Å². The zero-order chi connectivity index (χ0) is 16.8. The predicted octanol–water partition coefficient (Wildman–Crippen LogP) is 3.24. The number of ether oxygens (including phenoxy) is 1. The molecule has 0 aromatic rings. The van der Waals surface area contributed by atoms with Gasteiger partial charge < -0.3 is 20.3 Å². The molecule has 5 nitrogen and oxygen atoms in total. The standard InChI is InChI=1S/C18H38N4O.HI/c1-4-23-16-10-7-13-21-18(19-3)20-12-6-9-15-22-14-8-5-11-17(22)2;/h17H,4-16H2,1-3H3,(H2,19,20,21);1H. The number of hydrogen-bond acceptors (Lipinski definition) is 3. The van der Waals surface area contributed by atoms with E-state index in [9.17, 15) is 0 Å². The van der Waals surface area contributed by atoms with Crippen molar-refractivity contribution >= 4 is 29.9 Å². The van der Waals surface area contributed by atoms with Crippen molar-refractivity contribution in [1.82, 2.24) is 15.5 Å². The number of piperidine rings is 1. The maximum absolute atomic E-state index is 5.34. The molecule has 6 heteroatoms.